The third kappa shape index (κ3) is 2.44. The maximum atomic E-state index is 12.7. The molecule has 110 valence electrons. The summed E-state index contributed by atoms with van der Waals surface area (Å²) < 4.78 is 27.1. The van der Waals surface area contributed by atoms with Gasteiger partial charge in [-0.25, -0.2) is 8.42 Å². The van der Waals surface area contributed by atoms with Gasteiger partial charge in [-0.1, -0.05) is 13.8 Å². The fourth-order valence-electron chi connectivity index (χ4n) is 3.03. The molecule has 1 aromatic carbocycles. The number of nitrogens with zero attached hydrogens (tertiary/aromatic N) is 1. The van der Waals surface area contributed by atoms with E-state index in [2.05, 4.69) is 19.2 Å². The molecule has 1 saturated heterocycles. The fraction of sp³-hybridized carbons (Fsp3) is 0.600. The van der Waals surface area contributed by atoms with E-state index in [1.54, 1.807) is 10.4 Å². The predicted octanol–water partition coefficient (Wildman–Crippen LogP) is 2.47. The molecule has 1 fully saturated rings. The Bertz CT molecular complexity index is 623. The maximum Gasteiger partial charge on any atom is 0.243 e. The first-order valence-electron chi connectivity index (χ1n) is 7.25. The van der Waals surface area contributed by atoms with Crippen molar-refractivity contribution in [1.29, 1.82) is 0 Å². The number of rotatable bonds is 2. The van der Waals surface area contributed by atoms with Crippen LogP contribution in [-0.2, 0) is 16.4 Å². The topological polar surface area (TPSA) is 49.4 Å². The quantitative estimate of drug-likeness (QED) is 0.911. The largest absolute Gasteiger partial charge is 0.385 e. The van der Waals surface area contributed by atoms with Crippen LogP contribution in [0.25, 0.3) is 0 Å². The maximum absolute atomic E-state index is 12.7. The Labute approximate surface area is 121 Å². The van der Waals surface area contributed by atoms with Crippen LogP contribution in [0, 0.1) is 5.41 Å². The molecule has 0 unspecified atom stereocenters. The van der Waals surface area contributed by atoms with E-state index in [-0.39, 0.29) is 5.41 Å². The molecule has 5 heteroatoms. The highest BCUT2D eigenvalue weighted by Crippen LogP contribution is 2.34. The van der Waals surface area contributed by atoms with Crippen molar-refractivity contribution >= 4 is 15.7 Å². The highest BCUT2D eigenvalue weighted by Gasteiger charge is 2.37. The van der Waals surface area contributed by atoms with Gasteiger partial charge in [0.1, 0.15) is 0 Å². The van der Waals surface area contributed by atoms with Crippen LogP contribution in [0.15, 0.2) is 23.1 Å². The van der Waals surface area contributed by atoms with Crippen molar-refractivity contribution in [2.75, 3.05) is 25.0 Å². The number of anilines is 1. The summed E-state index contributed by atoms with van der Waals surface area (Å²) in [4.78, 5) is 0.442. The van der Waals surface area contributed by atoms with Crippen LogP contribution in [0.3, 0.4) is 0 Å². The van der Waals surface area contributed by atoms with Gasteiger partial charge >= 0.3 is 0 Å². The number of hydrogen-bond donors (Lipinski definition) is 1. The van der Waals surface area contributed by atoms with Crippen molar-refractivity contribution in [2.45, 2.75) is 38.0 Å². The van der Waals surface area contributed by atoms with Crippen LogP contribution in [0.1, 0.15) is 32.3 Å². The third-order valence-electron chi connectivity index (χ3n) is 4.30. The number of fused-ring (bicyclic) bond motifs is 1. The molecule has 0 radical (unpaired) electrons. The molecule has 0 aliphatic carbocycles. The monoisotopic (exact) mass is 294 g/mol. The number of nitrogens with one attached hydrogen (secondary N) is 1. The number of hydrogen-bond acceptors (Lipinski definition) is 3. The van der Waals surface area contributed by atoms with Crippen LogP contribution >= 0.6 is 0 Å². The number of sulfonamides is 1. The van der Waals surface area contributed by atoms with Gasteiger partial charge in [0.05, 0.1) is 4.90 Å². The summed E-state index contributed by atoms with van der Waals surface area (Å²) >= 11 is 0. The zero-order chi connectivity index (χ0) is 14.4. The normalized spacial score (nSPS) is 22.3. The van der Waals surface area contributed by atoms with Gasteiger partial charge in [0.2, 0.25) is 10.0 Å². The van der Waals surface area contributed by atoms with E-state index in [0.29, 0.717) is 18.0 Å². The molecule has 0 aromatic heterocycles. The second-order valence-electron chi connectivity index (χ2n) is 6.60. The first-order chi connectivity index (χ1) is 9.38. The summed E-state index contributed by atoms with van der Waals surface area (Å²) in [6, 6.07) is 5.49. The zero-order valence-corrected chi connectivity index (χ0v) is 13.0. The van der Waals surface area contributed by atoms with Crippen molar-refractivity contribution in [3.63, 3.8) is 0 Å². The van der Waals surface area contributed by atoms with Crippen molar-refractivity contribution in [3.05, 3.63) is 23.8 Å². The minimum atomic E-state index is -3.34. The SMILES string of the molecule is CC1(C)CCN(S(=O)(=O)c2ccc3c(c2)CCCN3)C1. The molecule has 3 rings (SSSR count). The summed E-state index contributed by atoms with van der Waals surface area (Å²) in [5.41, 5.74) is 2.29. The van der Waals surface area contributed by atoms with Gasteiger partial charge in [-0.05, 0) is 48.4 Å². The Hall–Kier alpha value is -1.07. The molecule has 0 saturated carbocycles. The molecule has 2 aliphatic heterocycles. The van der Waals surface area contributed by atoms with Crippen molar-refractivity contribution in [2.24, 2.45) is 5.41 Å². The van der Waals surface area contributed by atoms with Crippen LogP contribution in [0.2, 0.25) is 0 Å². The average Bonchev–Trinajstić information content (AvgIpc) is 2.79. The summed E-state index contributed by atoms with van der Waals surface area (Å²) in [5.74, 6) is 0. The van der Waals surface area contributed by atoms with E-state index in [0.717, 1.165) is 37.1 Å². The van der Waals surface area contributed by atoms with Gasteiger partial charge in [-0.2, -0.15) is 4.31 Å². The molecule has 20 heavy (non-hydrogen) atoms. The average molecular weight is 294 g/mol. The van der Waals surface area contributed by atoms with E-state index in [9.17, 15) is 8.42 Å². The summed E-state index contributed by atoms with van der Waals surface area (Å²) in [5, 5.41) is 3.32. The summed E-state index contributed by atoms with van der Waals surface area (Å²) in [6.45, 7) is 6.47. The zero-order valence-electron chi connectivity index (χ0n) is 12.1. The van der Waals surface area contributed by atoms with Gasteiger partial charge in [-0.15, -0.1) is 0 Å². The molecule has 2 aliphatic rings. The molecule has 1 aromatic rings. The van der Waals surface area contributed by atoms with E-state index < -0.39 is 10.0 Å². The first-order valence-corrected chi connectivity index (χ1v) is 8.69. The van der Waals surface area contributed by atoms with Gasteiger partial charge < -0.3 is 5.32 Å². The lowest BCUT2D eigenvalue weighted by Crippen LogP contribution is -2.30. The lowest BCUT2D eigenvalue weighted by molar-refractivity contribution is 0.375. The van der Waals surface area contributed by atoms with Gasteiger partial charge in [0, 0.05) is 25.3 Å². The third-order valence-corrected chi connectivity index (χ3v) is 6.14. The second kappa shape index (κ2) is 4.74. The second-order valence-corrected chi connectivity index (χ2v) is 8.54. The smallest absolute Gasteiger partial charge is 0.243 e. The standard InChI is InChI=1S/C15H22N2O2S/c1-15(2)7-9-17(11-15)20(18,19)13-5-6-14-12(10-13)4-3-8-16-14/h5-6,10,16H,3-4,7-9,11H2,1-2H3. The molecule has 1 N–H and O–H groups in total. The molecule has 0 amide bonds. The minimum Gasteiger partial charge on any atom is -0.385 e. The van der Waals surface area contributed by atoms with Crippen molar-refractivity contribution in [3.8, 4) is 0 Å². The predicted molar refractivity (Wildman–Crippen MR) is 80.4 cm³/mol. The summed E-state index contributed by atoms with van der Waals surface area (Å²) in [6.07, 6.45) is 2.95. The van der Waals surface area contributed by atoms with Crippen molar-refractivity contribution in [1.82, 2.24) is 4.31 Å². The Morgan fingerprint density at radius 1 is 1.30 bits per heavy atom. The van der Waals surface area contributed by atoms with Gasteiger partial charge in [-0.3, -0.25) is 0 Å². The molecule has 2 heterocycles. The lowest BCUT2D eigenvalue weighted by atomic mass is 9.93. The molecule has 0 atom stereocenters. The molecule has 0 bridgehead atoms. The van der Waals surface area contributed by atoms with E-state index >= 15 is 0 Å². The Balaban J connectivity index is 1.92. The van der Waals surface area contributed by atoms with Gasteiger partial charge in [0.25, 0.3) is 0 Å². The Morgan fingerprint density at radius 3 is 2.80 bits per heavy atom. The van der Waals surface area contributed by atoms with E-state index in [1.807, 2.05) is 12.1 Å². The van der Waals surface area contributed by atoms with Crippen LogP contribution in [0.4, 0.5) is 5.69 Å². The Kier molecular flexibility index (Phi) is 3.29. The van der Waals surface area contributed by atoms with Gasteiger partial charge in [0.15, 0.2) is 0 Å². The highest BCUT2D eigenvalue weighted by molar-refractivity contribution is 7.89. The van der Waals surface area contributed by atoms with Crippen LogP contribution in [0.5, 0.6) is 0 Å². The molecule has 0 spiro atoms. The number of benzene rings is 1. The number of aryl methyl sites for hydroxylation is 1. The van der Waals surface area contributed by atoms with E-state index in [4.69, 9.17) is 0 Å². The Morgan fingerprint density at radius 2 is 2.10 bits per heavy atom. The minimum absolute atomic E-state index is 0.0861. The fourth-order valence-corrected chi connectivity index (χ4v) is 4.71. The summed E-state index contributed by atoms with van der Waals surface area (Å²) in [7, 11) is -3.34. The molecule has 4 nitrogen and oxygen atoms in total. The van der Waals surface area contributed by atoms with Crippen LogP contribution in [-0.4, -0.2) is 32.4 Å². The molecular formula is C15H22N2O2S. The van der Waals surface area contributed by atoms with E-state index in [1.165, 1.54) is 0 Å². The van der Waals surface area contributed by atoms with Crippen molar-refractivity contribution < 1.29 is 8.42 Å². The molecular weight excluding hydrogens is 272 g/mol. The van der Waals surface area contributed by atoms with Crippen LogP contribution < -0.4 is 5.32 Å². The first kappa shape index (κ1) is 13.9. The highest BCUT2D eigenvalue weighted by atomic mass is 32.2. The lowest BCUT2D eigenvalue weighted by Gasteiger charge is -2.22.